The van der Waals surface area contributed by atoms with Crippen molar-refractivity contribution in [1.82, 2.24) is 4.57 Å². The van der Waals surface area contributed by atoms with Crippen LogP contribution in [0.25, 0.3) is 10.9 Å². The number of ether oxygens (including phenoxy) is 1. The zero-order valence-electron chi connectivity index (χ0n) is 36.3. The maximum Gasteiger partial charge on any atom is 0.0673 e. The molecule has 4 aliphatic carbocycles. The largest absolute Gasteiger partial charge is 0.369 e. The van der Waals surface area contributed by atoms with Gasteiger partial charge in [-0.25, -0.2) is 0 Å². The van der Waals surface area contributed by atoms with Crippen LogP contribution in [0, 0.1) is 51.8 Å². The minimum absolute atomic E-state index is 0.0865. The maximum atomic E-state index is 6.94. The van der Waals surface area contributed by atoms with Crippen molar-refractivity contribution in [3.05, 3.63) is 34.0 Å². The summed E-state index contributed by atoms with van der Waals surface area (Å²) >= 11 is 0. The second-order valence-electron chi connectivity index (χ2n) is 23.7. The lowest BCUT2D eigenvalue weighted by atomic mass is 9.36. The second kappa shape index (κ2) is 10.7. The molecule has 1 saturated heterocycles. The van der Waals surface area contributed by atoms with Gasteiger partial charge in [0.2, 0.25) is 0 Å². The van der Waals surface area contributed by atoms with Crippen LogP contribution in [0.2, 0.25) is 0 Å². The van der Waals surface area contributed by atoms with Crippen molar-refractivity contribution in [2.75, 3.05) is 0 Å². The van der Waals surface area contributed by atoms with Crippen LogP contribution < -0.4 is 0 Å². The van der Waals surface area contributed by atoms with Gasteiger partial charge >= 0.3 is 0 Å². The lowest BCUT2D eigenvalue weighted by Crippen LogP contribution is -2.63. The number of benzene rings is 1. The number of hydrogen-bond donors (Lipinski definition) is 0. The van der Waals surface area contributed by atoms with E-state index in [0.717, 1.165) is 30.1 Å². The fourth-order valence-electron chi connectivity index (χ4n) is 16.7. The van der Waals surface area contributed by atoms with Gasteiger partial charge in [0.1, 0.15) is 0 Å². The normalized spacial score (nSPS) is 41.4. The summed E-state index contributed by atoms with van der Waals surface area (Å²) in [6.07, 6.45) is 10.7. The average molecular weight is 696 g/mol. The third-order valence-corrected chi connectivity index (χ3v) is 18.4. The van der Waals surface area contributed by atoms with Crippen molar-refractivity contribution >= 4 is 10.9 Å². The van der Waals surface area contributed by atoms with Crippen molar-refractivity contribution in [3.8, 4) is 0 Å². The van der Waals surface area contributed by atoms with Gasteiger partial charge in [0.05, 0.1) is 16.7 Å². The summed E-state index contributed by atoms with van der Waals surface area (Å²) in [5.74, 6) is 5.22. The molecule has 2 saturated carbocycles. The highest BCUT2D eigenvalue weighted by Gasteiger charge is 2.69. The number of aromatic nitrogens is 1. The van der Waals surface area contributed by atoms with E-state index in [0.29, 0.717) is 46.0 Å². The first-order valence-corrected chi connectivity index (χ1v) is 21.8. The Morgan fingerprint density at radius 1 is 0.882 bits per heavy atom. The van der Waals surface area contributed by atoms with E-state index in [4.69, 9.17) is 4.74 Å². The molecule has 10 atom stereocenters. The molecule has 6 aliphatic rings. The minimum atomic E-state index is -0.139. The molecule has 3 heterocycles. The summed E-state index contributed by atoms with van der Waals surface area (Å²) in [6, 6.07) is 3.29. The molecule has 0 N–H and O–H groups in total. The van der Waals surface area contributed by atoms with E-state index in [-0.39, 0.29) is 22.0 Å². The van der Waals surface area contributed by atoms with E-state index in [1.807, 2.05) is 0 Å². The van der Waals surface area contributed by atoms with Crippen LogP contribution in [0.3, 0.4) is 0 Å². The lowest BCUT2D eigenvalue weighted by Gasteiger charge is -2.68. The van der Waals surface area contributed by atoms with Crippen LogP contribution in [-0.4, -0.2) is 15.8 Å². The first-order chi connectivity index (χ1) is 23.4. The van der Waals surface area contributed by atoms with Crippen LogP contribution in [0.4, 0.5) is 0 Å². The van der Waals surface area contributed by atoms with Gasteiger partial charge in [-0.05, 0) is 165 Å². The Morgan fingerprint density at radius 2 is 1.55 bits per heavy atom. The van der Waals surface area contributed by atoms with E-state index in [1.165, 1.54) is 44.9 Å². The topological polar surface area (TPSA) is 14.2 Å². The van der Waals surface area contributed by atoms with Crippen LogP contribution in [-0.2, 0) is 22.0 Å². The molecule has 2 heteroatoms. The molecule has 2 nitrogen and oxygen atoms in total. The van der Waals surface area contributed by atoms with E-state index < -0.39 is 0 Å². The van der Waals surface area contributed by atoms with Gasteiger partial charge in [-0.15, -0.1) is 0 Å². The number of nitrogens with zero attached hydrogens (tertiary/aromatic N) is 1. The molecule has 0 bridgehead atoms. The first-order valence-electron chi connectivity index (χ1n) is 21.8. The van der Waals surface area contributed by atoms with E-state index in [2.05, 4.69) is 128 Å². The molecule has 10 unspecified atom stereocenters. The molecule has 0 spiro atoms. The number of rotatable bonds is 5. The molecule has 0 radical (unpaired) electrons. The zero-order valence-corrected chi connectivity index (χ0v) is 36.3. The molecule has 3 fully saturated rings. The Morgan fingerprint density at radius 3 is 2.18 bits per heavy atom. The van der Waals surface area contributed by atoms with Crippen molar-refractivity contribution < 1.29 is 4.74 Å². The average Bonchev–Trinajstić information content (AvgIpc) is 3.61. The second-order valence-corrected chi connectivity index (χ2v) is 23.7. The van der Waals surface area contributed by atoms with Crippen molar-refractivity contribution in [1.29, 1.82) is 0 Å². The van der Waals surface area contributed by atoms with Gasteiger partial charge in [0.25, 0.3) is 0 Å². The summed E-state index contributed by atoms with van der Waals surface area (Å²) in [5, 5.41) is 1.66. The molecule has 1 aromatic carbocycles. The van der Waals surface area contributed by atoms with Crippen LogP contribution >= 0.6 is 0 Å². The SMILES string of the molecule is CC(C)CC(C)CC1(C)C2CCC3Cc4c(n5c6c(c7c(cc46)C4CC(C)(C)OC(C)(C)C4C7C)C(C)(C)C5C(C)C)C3(C)C2(C)CCC1(C)C. The monoisotopic (exact) mass is 696 g/mol. The fraction of sp³-hybridized carbons (Fsp3) is 0.837. The smallest absolute Gasteiger partial charge is 0.0673 e. The highest BCUT2D eigenvalue weighted by molar-refractivity contribution is 5.95. The minimum Gasteiger partial charge on any atom is -0.369 e. The van der Waals surface area contributed by atoms with Crippen molar-refractivity contribution in [2.45, 2.75) is 209 Å². The molecular weight excluding hydrogens is 619 g/mol. The fourth-order valence-corrected chi connectivity index (χ4v) is 16.7. The van der Waals surface area contributed by atoms with E-state index in [9.17, 15) is 0 Å². The highest BCUT2D eigenvalue weighted by atomic mass is 16.5. The maximum absolute atomic E-state index is 6.94. The third kappa shape index (κ3) is 4.44. The van der Waals surface area contributed by atoms with Crippen LogP contribution in [0.5, 0.6) is 0 Å². The molecular formula is C49H77NO. The van der Waals surface area contributed by atoms with Gasteiger partial charge in [0.15, 0.2) is 0 Å². The number of fused-ring (bicyclic) bond motifs is 11. The zero-order chi connectivity index (χ0) is 37.4. The summed E-state index contributed by atoms with van der Waals surface area (Å²) in [5.41, 5.74) is 11.4. The van der Waals surface area contributed by atoms with Gasteiger partial charge in [0, 0.05) is 33.9 Å². The lowest BCUT2D eigenvalue weighted by molar-refractivity contribution is -0.193. The third-order valence-electron chi connectivity index (χ3n) is 18.4. The van der Waals surface area contributed by atoms with Gasteiger partial charge in [-0.3, -0.25) is 0 Å². The molecule has 51 heavy (non-hydrogen) atoms. The summed E-state index contributed by atoms with van der Waals surface area (Å²) < 4.78 is 10.0. The molecule has 2 aromatic rings. The van der Waals surface area contributed by atoms with Gasteiger partial charge < -0.3 is 9.30 Å². The Balaban J connectivity index is 1.36. The Hall–Kier alpha value is -1.28. The molecule has 2 aliphatic heterocycles. The summed E-state index contributed by atoms with van der Waals surface area (Å²) in [4.78, 5) is 0. The number of hydrogen-bond acceptors (Lipinski definition) is 1. The molecule has 0 amide bonds. The summed E-state index contributed by atoms with van der Waals surface area (Å²) in [7, 11) is 0. The van der Waals surface area contributed by atoms with Gasteiger partial charge in [-0.1, -0.05) is 90.0 Å². The van der Waals surface area contributed by atoms with Crippen molar-refractivity contribution in [2.24, 2.45) is 51.8 Å². The van der Waals surface area contributed by atoms with E-state index in [1.54, 1.807) is 38.9 Å². The van der Waals surface area contributed by atoms with E-state index >= 15 is 0 Å². The molecule has 1 aromatic heterocycles. The Kier molecular flexibility index (Phi) is 7.71. The predicted octanol–water partition coefficient (Wildman–Crippen LogP) is 13.7. The van der Waals surface area contributed by atoms with Crippen molar-refractivity contribution in [3.63, 3.8) is 0 Å². The van der Waals surface area contributed by atoms with Crippen LogP contribution in [0.1, 0.15) is 208 Å². The van der Waals surface area contributed by atoms with Gasteiger partial charge in [-0.2, -0.15) is 0 Å². The quantitative estimate of drug-likeness (QED) is 0.304. The Bertz CT molecular complexity index is 1760. The summed E-state index contributed by atoms with van der Waals surface area (Å²) in [6.45, 7) is 43.6. The predicted molar refractivity (Wildman–Crippen MR) is 217 cm³/mol. The first kappa shape index (κ1) is 36.7. The highest BCUT2D eigenvalue weighted by Crippen LogP contribution is 2.75. The molecule has 8 rings (SSSR count). The molecule has 284 valence electrons. The standard InChI is InChI=1S/C49H77NO/c1-27(2)22-29(5)25-48(16)36-19-18-31-23-34-33-24-32-35-26-44(9,10)51-46(13,14)38(35)30(6)37(32)39-40(33)50(41(28(3)4)45(39,11)12)42(34)49(31,17)47(36,15)21-20-43(48,7)8/h24,27-31,35-36,38,41H,18-23,25-26H2,1-17H3. The van der Waals surface area contributed by atoms with Crippen LogP contribution in [0.15, 0.2) is 6.07 Å². The Labute approximate surface area is 314 Å².